The van der Waals surface area contributed by atoms with Crippen LogP contribution in [0.15, 0.2) is 77.9 Å². The second-order valence-corrected chi connectivity index (χ2v) is 8.25. The van der Waals surface area contributed by atoms with E-state index in [-0.39, 0.29) is 18.4 Å². The number of amides is 2. The lowest BCUT2D eigenvalue weighted by Gasteiger charge is -2.20. The number of rotatable bonds is 10. The SMILES string of the molecule is COc1ccc(C(=O)NC(C(=O)N/N=C/c2ccccc2OCc2ccccc2C#N)C(C)C)cc1. The van der Waals surface area contributed by atoms with Crippen molar-refractivity contribution in [3.05, 3.63) is 95.1 Å². The fourth-order valence-electron chi connectivity index (χ4n) is 3.37. The molecule has 0 aliphatic heterocycles. The second-order valence-electron chi connectivity index (χ2n) is 8.25. The minimum atomic E-state index is -0.786. The van der Waals surface area contributed by atoms with E-state index in [4.69, 9.17) is 9.47 Å². The molecule has 0 saturated carbocycles. The van der Waals surface area contributed by atoms with Gasteiger partial charge in [0.2, 0.25) is 0 Å². The van der Waals surface area contributed by atoms with Crippen molar-refractivity contribution in [1.29, 1.82) is 5.26 Å². The van der Waals surface area contributed by atoms with Gasteiger partial charge in [0.15, 0.2) is 0 Å². The molecule has 8 nitrogen and oxygen atoms in total. The zero-order chi connectivity index (χ0) is 25.9. The first-order chi connectivity index (χ1) is 17.4. The number of nitrogens with one attached hydrogen (secondary N) is 2. The molecule has 0 spiro atoms. The minimum absolute atomic E-state index is 0.168. The molecule has 0 saturated heterocycles. The van der Waals surface area contributed by atoms with Gasteiger partial charge < -0.3 is 14.8 Å². The molecule has 3 aromatic carbocycles. The first-order valence-electron chi connectivity index (χ1n) is 11.4. The molecule has 2 amide bonds. The predicted octanol–water partition coefficient (Wildman–Crippen LogP) is 4.05. The molecule has 0 heterocycles. The van der Waals surface area contributed by atoms with Gasteiger partial charge in [-0.1, -0.05) is 44.2 Å². The van der Waals surface area contributed by atoms with E-state index < -0.39 is 11.9 Å². The van der Waals surface area contributed by atoms with Crippen LogP contribution in [0.3, 0.4) is 0 Å². The lowest BCUT2D eigenvalue weighted by atomic mass is 10.0. The van der Waals surface area contributed by atoms with Crippen LogP contribution in [0.4, 0.5) is 0 Å². The molecule has 1 unspecified atom stereocenters. The number of carbonyl (C=O) groups excluding carboxylic acids is 2. The molecule has 184 valence electrons. The molecule has 0 radical (unpaired) electrons. The summed E-state index contributed by atoms with van der Waals surface area (Å²) >= 11 is 0. The van der Waals surface area contributed by atoms with Crippen LogP contribution in [0.25, 0.3) is 0 Å². The molecule has 2 N–H and O–H groups in total. The average Bonchev–Trinajstić information content (AvgIpc) is 2.90. The van der Waals surface area contributed by atoms with E-state index in [2.05, 4.69) is 21.9 Å². The van der Waals surface area contributed by atoms with Crippen molar-refractivity contribution in [3.8, 4) is 17.6 Å². The Morgan fingerprint density at radius 3 is 2.42 bits per heavy atom. The Labute approximate surface area is 210 Å². The topological polar surface area (TPSA) is 113 Å². The molecule has 36 heavy (non-hydrogen) atoms. The summed E-state index contributed by atoms with van der Waals surface area (Å²) < 4.78 is 11.0. The fourth-order valence-corrected chi connectivity index (χ4v) is 3.37. The highest BCUT2D eigenvalue weighted by Gasteiger charge is 2.24. The Morgan fingerprint density at radius 2 is 1.72 bits per heavy atom. The summed E-state index contributed by atoms with van der Waals surface area (Å²) in [5.41, 5.74) is 4.89. The molecule has 3 aromatic rings. The zero-order valence-corrected chi connectivity index (χ0v) is 20.4. The van der Waals surface area contributed by atoms with Gasteiger partial charge in [0.05, 0.1) is 25.0 Å². The largest absolute Gasteiger partial charge is 0.497 e. The van der Waals surface area contributed by atoms with Crippen LogP contribution in [-0.4, -0.2) is 31.2 Å². The van der Waals surface area contributed by atoms with Crippen LogP contribution < -0.4 is 20.2 Å². The van der Waals surface area contributed by atoms with E-state index >= 15 is 0 Å². The maximum absolute atomic E-state index is 12.8. The van der Waals surface area contributed by atoms with Crippen LogP contribution in [0.2, 0.25) is 0 Å². The smallest absolute Gasteiger partial charge is 0.262 e. The predicted molar refractivity (Wildman–Crippen MR) is 137 cm³/mol. The minimum Gasteiger partial charge on any atom is -0.497 e. The standard InChI is InChI=1S/C28H28N4O4/c1-19(2)26(31-27(33)20-12-14-24(35-3)15-13-20)28(34)32-30-17-22-9-6-7-11-25(22)36-18-23-10-5-4-8-21(23)16-29/h4-15,17,19,26H,18H2,1-3H3,(H,31,33)(H,32,34)/b30-17+. The van der Waals surface area contributed by atoms with Gasteiger partial charge in [0, 0.05) is 16.7 Å². The van der Waals surface area contributed by atoms with E-state index in [9.17, 15) is 14.9 Å². The normalized spacial score (nSPS) is 11.5. The molecule has 3 rings (SSSR count). The molecular weight excluding hydrogens is 456 g/mol. The Bertz CT molecular complexity index is 1260. The van der Waals surface area contributed by atoms with Gasteiger partial charge in [-0.25, -0.2) is 5.43 Å². The summed E-state index contributed by atoms with van der Waals surface area (Å²) in [5.74, 6) is 0.212. The number of benzene rings is 3. The third kappa shape index (κ3) is 6.93. The highest BCUT2D eigenvalue weighted by atomic mass is 16.5. The van der Waals surface area contributed by atoms with Crippen LogP contribution in [0.1, 0.15) is 40.9 Å². The highest BCUT2D eigenvalue weighted by Crippen LogP contribution is 2.19. The van der Waals surface area contributed by atoms with Gasteiger partial charge in [0.25, 0.3) is 11.8 Å². The number of carbonyl (C=O) groups is 2. The third-order valence-corrected chi connectivity index (χ3v) is 5.41. The van der Waals surface area contributed by atoms with Crippen LogP contribution in [-0.2, 0) is 11.4 Å². The van der Waals surface area contributed by atoms with Gasteiger partial charge in [-0.15, -0.1) is 0 Å². The fraction of sp³-hybridized carbons (Fsp3) is 0.214. The highest BCUT2D eigenvalue weighted by molar-refractivity contribution is 5.97. The summed E-state index contributed by atoms with van der Waals surface area (Å²) in [6, 6.07) is 22.4. The monoisotopic (exact) mass is 484 g/mol. The van der Waals surface area contributed by atoms with Gasteiger partial charge in [-0.3, -0.25) is 9.59 Å². The van der Waals surface area contributed by atoms with E-state index in [1.807, 2.05) is 38.1 Å². The maximum Gasteiger partial charge on any atom is 0.262 e. The van der Waals surface area contributed by atoms with Crippen LogP contribution in [0, 0.1) is 17.2 Å². The number of hydrogen-bond acceptors (Lipinski definition) is 6. The van der Waals surface area contributed by atoms with Gasteiger partial charge in [-0.05, 0) is 48.4 Å². The van der Waals surface area contributed by atoms with Crippen molar-refractivity contribution < 1.29 is 19.1 Å². The Hall–Kier alpha value is -4.64. The maximum atomic E-state index is 12.8. The lowest BCUT2D eigenvalue weighted by Crippen LogP contribution is -2.48. The summed E-state index contributed by atoms with van der Waals surface area (Å²) in [4.78, 5) is 25.4. The van der Waals surface area contributed by atoms with Crippen molar-refractivity contribution >= 4 is 18.0 Å². The molecule has 8 heteroatoms. The molecule has 0 aliphatic rings. The van der Waals surface area contributed by atoms with Gasteiger partial charge in [-0.2, -0.15) is 10.4 Å². The molecule has 0 aliphatic carbocycles. The molecular formula is C28H28N4O4. The van der Waals surface area contributed by atoms with Crippen molar-refractivity contribution in [2.24, 2.45) is 11.0 Å². The quantitative estimate of drug-likeness (QED) is 0.333. The van der Waals surface area contributed by atoms with Crippen molar-refractivity contribution in [1.82, 2.24) is 10.7 Å². The molecule has 0 aromatic heterocycles. The van der Waals surface area contributed by atoms with Gasteiger partial charge >= 0.3 is 0 Å². The van der Waals surface area contributed by atoms with Crippen molar-refractivity contribution in [2.75, 3.05) is 7.11 Å². The Morgan fingerprint density at radius 1 is 1.03 bits per heavy atom. The molecule has 1 atom stereocenters. The number of hydrazone groups is 1. The molecule has 0 fully saturated rings. The van der Waals surface area contributed by atoms with Gasteiger partial charge in [0.1, 0.15) is 24.1 Å². The summed E-state index contributed by atoms with van der Waals surface area (Å²) in [5, 5.41) is 16.1. The van der Waals surface area contributed by atoms with Crippen molar-refractivity contribution in [3.63, 3.8) is 0 Å². The summed E-state index contributed by atoms with van der Waals surface area (Å²) in [7, 11) is 1.55. The van der Waals surface area contributed by atoms with E-state index in [1.54, 1.807) is 55.6 Å². The second kappa shape index (κ2) is 12.7. The Kier molecular flexibility index (Phi) is 9.18. The lowest BCUT2D eigenvalue weighted by molar-refractivity contribution is -0.123. The van der Waals surface area contributed by atoms with Crippen LogP contribution >= 0.6 is 0 Å². The number of hydrogen-bond donors (Lipinski definition) is 2. The number of methoxy groups -OCH3 is 1. The number of nitrogens with zero attached hydrogens (tertiary/aromatic N) is 2. The number of para-hydroxylation sites is 1. The van der Waals surface area contributed by atoms with Crippen molar-refractivity contribution in [2.45, 2.75) is 26.5 Å². The average molecular weight is 485 g/mol. The first-order valence-corrected chi connectivity index (χ1v) is 11.4. The number of ether oxygens (including phenoxy) is 2. The van der Waals surface area contributed by atoms with E-state index in [0.717, 1.165) is 5.56 Å². The summed E-state index contributed by atoms with van der Waals surface area (Å²) in [6.45, 7) is 3.89. The first kappa shape index (κ1) is 26.0. The molecule has 0 bridgehead atoms. The zero-order valence-electron chi connectivity index (χ0n) is 20.4. The number of nitriles is 1. The third-order valence-electron chi connectivity index (χ3n) is 5.41. The summed E-state index contributed by atoms with van der Waals surface area (Å²) in [6.07, 6.45) is 1.48. The van der Waals surface area contributed by atoms with Crippen LogP contribution in [0.5, 0.6) is 11.5 Å². The van der Waals surface area contributed by atoms with E-state index in [1.165, 1.54) is 6.21 Å². The van der Waals surface area contributed by atoms with E-state index in [0.29, 0.717) is 28.2 Å². The Balaban J connectivity index is 1.63.